The SMILES string of the molecule is Cc1cc(Cl)cc(C(=O)N2CC(O)CC2C(=O)O)c1. The van der Waals surface area contributed by atoms with Crippen LogP contribution in [-0.4, -0.2) is 45.7 Å². The number of rotatable bonds is 2. The number of carbonyl (C=O) groups is 2. The number of benzene rings is 1. The van der Waals surface area contributed by atoms with Crippen LogP contribution in [0.25, 0.3) is 0 Å². The molecule has 2 unspecified atom stereocenters. The average molecular weight is 284 g/mol. The van der Waals surface area contributed by atoms with E-state index >= 15 is 0 Å². The zero-order valence-corrected chi connectivity index (χ0v) is 11.1. The average Bonchev–Trinajstić information content (AvgIpc) is 2.69. The molecule has 1 aliphatic heterocycles. The van der Waals surface area contributed by atoms with E-state index in [1.807, 2.05) is 0 Å². The number of carboxylic acids is 1. The van der Waals surface area contributed by atoms with Gasteiger partial charge in [-0.15, -0.1) is 0 Å². The Morgan fingerprint density at radius 2 is 2.05 bits per heavy atom. The van der Waals surface area contributed by atoms with Gasteiger partial charge in [-0.3, -0.25) is 4.79 Å². The van der Waals surface area contributed by atoms with Gasteiger partial charge in [0.1, 0.15) is 6.04 Å². The molecule has 0 saturated carbocycles. The molecule has 5 nitrogen and oxygen atoms in total. The van der Waals surface area contributed by atoms with E-state index in [1.54, 1.807) is 19.1 Å². The van der Waals surface area contributed by atoms with E-state index in [0.29, 0.717) is 10.6 Å². The second-order valence-corrected chi connectivity index (χ2v) is 5.15. The van der Waals surface area contributed by atoms with Crippen LogP contribution >= 0.6 is 11.6 Å². The maximum atomic E-state index is 12.3. The summed E-state index contributed by atoms with van der Waals surface area (Å²) in [6.07, 6.45) is -0.744. The molecular formula is C13H14ClNO4. The fourth-order valence-electron chi connectivity index (χ4n) is 2.30. The lowest BCUT2D eigenvalue weighted by Crippen LogP contribution is -2.40. The summed E-state index contributed by atoms with van der Waals surface area (Å²) < 4.78 is 0. The third-order valence-electron chi connectivity index (χ3n) is 3.11. The van der Waals surface area contributed by atoms with Gasteiger partial charge in [0.25, 0.3) is 5.91 Å². The highest BCUT2D eigenvalue weighted by molar-refractivity contribution is 6.31. The molecule has 0 aromatic heterocycles. The van der Waals surface area contributed by atoms with Gasteiger partial charge in [-0.05, 0) is 30.7 Å². The van der Waals surface area contributed by atoms with Gasteiger partial charge in [0.2, 0.25) is 0 Å². The predicted octanol–water partition coefficient (Wildman–Crippen LogP) is 1.31. The molecular weight excluding hydrogens is 270 g/mol. The van der Waals surface area contributed by atoms with Crippen LogP contribution in [0.3, 0.4) is 0 Å². The number of β-amino-alcohol motifs (C(OH)–C–C–N with tert-alkyl or cyclic N) is 1. The topological polar surface area (TPSA) is 77.8 Å². The van der Waals surface area contributed by atoms with Crippen LogP contribution < -0.4 is 0 Å². The van der Waals surface area contributed by atoms with Gasteiger partial charge in [-0.25, -0.2) is 4.79 Å². The van der Waals surface area contributed by atoms with Crippen molar-refractivity contribution in [2.75, 3.05) is 6.54 Å². The second kappa shape index (κ2) is 5.19. The number of carboxylic acid groups (broad SMARTS) is 1. The maximum Gasteiger partial charge on any atom is 0.326 e. The monoisotopic (exact) mass is 283 g/mol. The first-order valence-electron chi connectivity index (χ1n) is 5.87. The minimum atomic E-state index is -1.11. The molecule has 102 valence electrons. The number of hydrogen-bond acceptors (Lipinski definition) is 3. The highest BCUT2D eigenvalue weighted by atomic mass is 35.5. The molecule has 2 N–H and O–H groups in total. The normalized spacial score (nSPS) is 22.6. The van der Waals surface area contributed by atoms with Crippen LogP contribution in [-0.2, 0) is 4.79 Å². The maximum absolute atomic E-state index is 12.3. The van der Waals surface area contributed by atoms with Gasteiger partial charge in [-0.2, -0.15) is 0 Å². The lowest BCUT2D eigenvalue weighted by molar-refractivity contribution is -0.141. The number of aliphatic carboxylic acids is 1. The van der Waals surface area contributed by atoms with Crippen molar-refractivity contribution in [1.82, 2.24) is 4.90 Å². The first-order chi connectivity index (χ1) is 8.88. The van der Waals surface area contributed by atoms with Crippen LogP contribution in [0, 0.1) is 6.92 Å². The van der Waals surface area contributed by atoms with E-state index in [4.69, 9.17) is 16.7 Å². The molecule has 2 atom stereocenters. The summed E-state index contributed by atoms with van der Waals surface area (Å²) in [7, 11) is 0. The quantitative estimate of drug-likeness (QED) is 0.858. The fraction of sp³-hybridized carbons (Fsp3) is 0.385. The molecule has 1 aromatic rings. The molecule has 1 heterocycles. The van der Waals surface area contributed by atoms with Gasteiger partial charge >= 0.3 is 5.97 Å². The Labute approximate surface area is 115 Å². The largest absolute Gasteiger partial charge is 0.480 e. The molecule has 1 aromatic carbocycles. The molecule has 1 aliphatic rings. The number of amides is 1. The number of halogens is 1. The van der Waals surface area contributed by atoms with Gasteiger partial charge < -0.3 is 15.1 Å². The zero-order valence-electron chi connectivity index (χ0n) is 10.3. The van der Waals surface area contributed by atoms with E-state index in [0.717, 1.165) is 5.56 Å². The molecule has 1 saturated heterocycles. The Kier molecular flexibility index (Phi) is 3.78. The van der Waals surface area contributed by atoms with Gasteiger partial charge in [0.15, 0.2) is 0 Å². The van der Waals surface area contributed by atoms with Gasteiger partial charge in [0.05, 0.1) is 6.10 Å². The van der Waals surface area contributed by atoms with Crippen molar-refractivity contribution in [1.29, 1.82) is 0 Å². The van der Waals surface area contributed by atoms with Crippen LogP contribution in [0.2, 0.25) is 5.02 Å². The summed E-state index contributed by atoms with van der Waals surface area (Å²) in [5.41, 5.74) is 1.16. The Morgan fingerprint density at radius 1 is 1.37 bits per heavy atom. The lowest BCUT2D eigenvalue weighted by Gasteiger charge is -2.21. The van der Waals surface area contributed by atoms with Gasteiger partial charge in [-0.1, -0.05) is 11.6 Å². The first-order valence-corrected chi connectivity index (χ1v) is 6.25. The minimum Gasteiger partial charge on any atom is -0.480 e. The van der Waals surface area contributed by atoms with E-state index in [2.05, 4.69) is 0 Å². The van der Waals surface area contributed by atoms with Crippen molar-refractivity contribution in [2.45, 2.75) is 25.5 Å². The van der Waals surface area contributed by atoms with E-state index in [9.17, 15) is 14.7 Å². The van der Waals surface area contributed by atoms with Crippen molar-refractivity contribution >= 4 is 23.5 Å². The van der Waals surface area contributed by atoms with Crippen LogP contribution in [0.1, 0.15) is 22.3 Å². The standard InChI is InChI=1S/C13H14ClNO4/c1-7-2-8(4-9(14)3-7)12(17)15-6-10(16)5-11(15)13(18)19/h2-4,10-11,16H,5-6H2,1H3,(H,18,19). The molecule has 0 bridgehead atoms. The Bertz CT molecular complexity index is 511. The Hall–Kier alpha value is -1.59. The number of hydrogen-bond donors (Lipinski definition) is 2. The second-order valence-electron chi connectivity index (χ2n) is 4.72. The number of aliphatic hydroxyl groups is 1. The molecule has 1 amide bonds. The highest BCUT2D eigenvalue weighted by Crippen LogP contribution is 2.23. The third kappa shape index (κ3) is 2.88. The number of nitrogens with zero attached hydrogens (tertiary/aromatic N) is 1. The van der Waals surface area contributed by atoms with E-state index in [1.165, 1.54) is 11.0 Å². The molecule has 1 fully saturated rings. The Balaban J connectivity index is 2.30. The number of likely N-dealkylation sites (tertiary alicyclic amines) is 1. The van der Waals surface area contributed by atoms with Crippen molar-refractivity contribution in [2.24, 2.45) is 0 Å². The van der Waals surface area contributed by atoms with Crippen molar-refractivity contribution in [3.8, 4) is 0 Å². The van der Waals surface area contributed by atoms with E-state index < -0.39 is 24.0 Å². The van der Waals surface area contributed by atoms with Crippen LogP contribution in [0.15, 0.2) is 18.2 Å². The molecule has 19 heavy (non-hydrogen) atoms. The zero-order chi connectivity index (χ0) is 14.2. The Morgan fingerprint density at radius 3 is 2.63 bits per heavy atom. The molecule has 0 aliphatic carbocycles. The van der Waals surface area contributed by atoms with Crippen molar-refractivity contribution < 1.29 is 19.8 Å². The molecule has 6 heteroatoms. The fourth-order valence-corrected chi connectivity index (χ4v) is 2.59. The summed E-state index contributed by atoms with van der Waals surface area (Å²) >= 11 is 5.89. The number of aryl methyl sites for hydroxylation is 1. The van der Waals surface area contributed by atoms with Gasteiger partial charge in [0, 0.05) is 23.6 Å². The third-order valence-corrected chi connectivity index (χ3v) is 3.33. The summed E-state index contributed by atoms with van der Waals surface area (Å²) in [6.45, 7) is 1.83. The molecule has 0 radical (unpaired) electrons. The molecule has 2 rings (SSSR count). The summed E-state index contributed by atoms with van der Waals surface area (Å²) in [4.78, 5) is 24.6. The minimum absolute atomic E-state index is 0.0291. The van der Waals surface area contributed by atoms with Crippen molar-refractivity contribution in [3.05, 3.63) is 34.3 Å². The first kappa shape index (κ1) is 13.8. The number of aliphatic hydroxyl groups excluding tert-OH is 1. The lowest BCUT2D eigenvalue weighted by atomic mass is 10.1. The molecule has 0 spiro atoms. The summed E-state index contributed by atoms with van der Waals surface area (Å²) in [6, 6.07) is 3.88. The van der Waals surface area contributed by atoms with Crippen molar-refractivity contribution in [3.63, 3.8) is 0 Å². The highest BCUT2D eigenvalue weighted by Gasteiger charge is 2.39. The summed E-state index contributed by atoms with van der Waals surface area (Å²) in [5, 5.41) is 19.0. The van der Waals surface area contributed by atoms with Crippen LogP contribution in [0.5, 0.6) is 0 Å². The summed E-state index contributed by atoms with van der Waals surface area (Å²) in [5.74, 6) is -1.53. The van der Waals surface area contributed by atoms with Crippen LogP contribution in [0.4, 0.5) is 0 Å². The predicted molar refractivity (Wildman–Crippen MR) is 69.3 cm³/mol. The van der Waals surface area contributed by atoms with E-state index in [-0.39, 0.29) is 13.0 Å². The smallest absolute Gasteiger partial charge is 0.326 e. The number of carbonyl (C=O) groups excluding carboxylic acids is 1.